The van der Waals surface area contributed by atoms with Crippen LogP contribution in [0.1, 0.15) is 47.6 Å². The van der Waals surface area contributed by atoms with Crippen molar-refractivity contribution in [1.29, 1.82) is 0 Å². The second-order valence-electron chi connectivity index (χ2n) is 6.71. The molecule has 0 aromatic heterocycles. The van der Waals surface area contributed by atoms with Crippen molar-refractivity contribution in [3.63, 3.8) is 0 Å². The largest absolute Gasteiger partial charge is 0.497 e. The minimum absolute atomic E-state index is 0.0265. The van der Waals surface area contributed by atoms with Crippen molar-refractivity contribution in [2.45, 2.75) is 31.7 Å². The average molecular weight is 367 g/mol. The summed E-state index contributed by atoms with van der Waals surface area (Å²) in [4.78, 5) is 26.3. The molecule has 1 atom stereocenters. The van der Waals surface area contributed by atoms with Crippen molar-refractivity contribution < 1.29 is 14.3 Å². The van der Waals surface area contributed by atoms with Gasteiger partial charge in [0.1, 0.15) is 5.75 Å². The maximum absolute atomic E-state index is 13.3. The molecule has 1 aliphatic heterocycles. The van der Waals surface area contributed by atoms with Crippen LogP contribution in [0.25, 0.3) is 0 Å². The molecule has 2 aromatic carbocycles. The van der Waals surface area contributed by atoms with Crippen LogP contribution < -0.4 is 15.8 Å². The molecule has 0 unspecified atom stereocenters. The van der Waals surface area contributed by atoms with Gasteiger partial charge < -0.3 is 20.7 Å². The number of carbonyl (C=O) groups is 2. The van der Waals surface area contributed by atoms with E-state index in [-0.39, 0.29) is 11.9 Å². The molecule has 1 saturated heterocycles. The fraction of sp³-hybridized carbons (Fsp3) is 0.333. The van der Waals surface area contributed by atoms with Gasteiger partial charge in [0.25, 0.3) is 5.91 Å². The van der Waals surface area contributed by atoms with E-state index in [1.165, 1.54) is 0 Å². The summed E-state index contributed by atoms with van der Waals surface area (Å²) in [6.07, 6.45) is 4.11. The van der Waals surface area contributed by atoms with E-state index in [0.717, 1.165) is 37.0 Å². The van der Waals surface area contributed by atoms with Gasteiger partial charge in [-0.3, -0.25) is 4.79 Å². The number of ether oxygens (including phenoxy) is 1. The smallest absolute Gasteiger partial charge is 0.316 e. The molecule has 6 heteroatoms. The van der Waals surface area contributed by atoms with Crippen LogP contribution in [-0.4, -0.2) is 30.5 Å². The van der Waals surface area contributed by atoms with Crippen LogP contribution in [0, 0.1) is 0 Å². The summed E-state index contributed by atoms with van der Waals surface area (Å²) in [6.45, 7) is 0.711. The number of anilines is 1. The first-order valence-electron chi connectivity index (χ1n) is 9.20. The fourth-order valence-electron chi connectivity index (χ4n) is 3.56. The quantitative estimate of drug-likeness (QED) is 0.858. The van der Waals surface area contributed by atoms with E-state index in [4.69, 9.17) is 10.5 Å². The first-order valence-corrected chi connectivity index (χ1v) is 9.20. The monoisotopic (exact) mass is 367 g/mol. The highest BCUT2D eigenvalue weighted by Gasteiger charge is 2.27. The number of hydrogen-bond donors (Lipinski definition) is 2. The summed E-state index contributed by atoms with van der Waals surface area (Å²) in [6, 6.07) is 14.2. The van der Waals surface area contributed by atoms with Crippen molar-refractivity contribution >= 4 is 17.6 Å². The summed E-state index contributed by atoms with van der Waals surface area (Å²) in [5.74, 6) is 0.765. The Morgan fingerprint density at radius 3 is 2.59 bits per heavy atom. The average Bonchev–Trinajstić information content (AvgIpc) is 2.93. The summed E-state index contributed by atoms with van der Waals surface area (Å²) >= 11 is 0. The third-order valence-corrected chi connectivity index (χ3v) is 4.89. The SMILES string of the molecule is COc1ccc([C@H]2CCCCCN2C(=O)c2cccc(NC(N)=O)c2)cc1. The number of benzene rings is 2. The Kier molecular flexibility index (Phi) is 5.96. The van der Waals surface area contributed by atoms with E-state index < -0.39 is 6.03 Å². The third-order valence-electron chi connectivity index (χ3n) is 4.89. The zero-order valence-corrected chi connectivity index (χ0v) is 15.5. The molecular weight excluding hydrogens is 342 g/mol. The highest BCUT2D eigenvalue weighted by molar-refractivity contribution is 5.97. The maximum Gasteiger partial charge on any atom is 0.316 e. The maximum atomic E-state index is 13.3. The first-order chi connectivity index (χ1) is 13.1. The number of nitrogens with two attached hydrogens (primary N) is 1. The number of nitrogens with zero attached hydrogens (tertiary/aromatic N) is 1. The van der Waals surface area contributed by atoms with Gasteiger partial charge in [0, 0.05) is 17.8 Å². The van der Waals surface area contributed by atoms with Crippen LogP contribution in [0.2, 0.25) is 0 Å². The van der Waals surface area contributed by atoms with E-state index in [0.29, 0.717) is 17.8 Å². The third kappa shape index (κ3) is 4.58. The minimum atomic E-state index is -0.648. The molecule has 2 aromatic rings. The normalized spacial score (nSPS) is 17.1. The van der Waals surface area contributed by atoms with Crippen LogP contribution in [0.3, 0.4) is 0 Å². The number of hydrogen-bond acceptors (Lipinski definition) is 3. The molecule has 1 fully saturated rings. The predicted octanol–water partition coefficient (Wildman–Crippen LogP) is 3.94. The molecule has 0 radical (unpaired) electrons. The molecule has 142 valence electrons. The second-order valence-corrected chi connectivity index (χ2v) is 6.71. The Morgan fingerprint density at radius 2 is 1.89 bits per heavy atom. The lowest BCUT2D eigenvalue weighted by Crippen LogP contribution is -2.35. The van der Waals surface area contributed by atoms with Crippen molar-refractivity contribution in [1.82, 2.24) is 4.90 Å². The number of nitrogens with one attached hydrogen (secondary N) is 1. The number of amides is 3. The van der Waals surface area contributed by atoms with Crippen molar-refractivity contribution in [2.75, 3.05) is 19.0 Å². The molecule has 27 heavy (non-hydrogen) atoms. The van der Waals surface area contributed by atoms with Gasteiger partial charge in [0.15, 0.2) is 0 Å². The lowest BCUT2D eigenvalue weighted by molar-refractivity contribution is 0.0681. The standard InChI is InChI=1S/C21H25N3O3/c1-27-18-11-9-15(10-12-18)19-8-3-2-4-13-24(19)20(25)16-6-5-7-17(14-16)23-21(22)26/h5-7,9-12,14,19H,2-4,8,13H2,1H3,(H3,22,23,26)/t19-/m1/s1. The molecule has 3 N–H and O–H groups in total. The van der Waals surface area contributed by atoms with Gasteiger partial charge >= 0.3 is 6.03 Å². The molecule has 1 aliphatic rings. The fourth-order valence-corrected chi connectivity index (χ4v) is 3.56. The number of urea groups is 1. The van der Waals surface area contributed by atoms with Crippen molar-refractivity contribution in [3.8, 4) is 5.75 Å². The number of methoxy groups -OCH3 is 1. The molecule has 3 amide bonds. The molecule has 6 nitrogen and oxygen atoms in total. The van der Waals surface area contributed by atoms with Crippen LogP contribution >= 0.6 is 0 Å². The van der Waals surface area contributed by atoms with Crippen LogP contribution in [-0.2, 0) is 0 Å². The Hall–Kier alpha value is -3.02. The van der Waals surface area contributed by atoms with Gasteiger partial charge in [-0.05, 0) is 48.7 Å². The van der Waals surface area contributed by atoms with E-state index in [9.17, 15) is 9.59 Å². The molecule has 0 spiro atoms. The molecule has 0 aliphatic carbocycles. The second kappa shape index (κ2) is 8.58. The summed E-state index contributed by atoms with van der Waals surface area (Å²) in [5.41, 5.74) is 7.35. The first kappa shape index (κ1) is 18.8. The van der Waals surface area contributed by atoms with Gasteiger partial charge in [-0.15, -0.1) is 0 Å². The van der Waals surface area contributed by atoms with E-state index in [1.807, 2.05) is 29.2 Å². The van der Waals surface area contributed by atoms with Gasteiger partial charge in [0.2, 0.25) is 0 Å². The van der Waals surface area contributed by atoms with Crippen molar-refractivity contribution in [2.24, 2.45) is 5.73 Å². The zero-order chi connectivity index (χ0) is 19.2. The summed E-state index contributed by atoms with van der Waals surface area (Å²) in [7, 11) is 1.64. The molecule has 3 rings (SSSR count). The molecule has 0 saturated carbocycles. The van der Waals surface area contributed by atoms with E-state index in [1.54, 1.807) is 31.4 Å². The van der Waals surface area contributed by atoms with Gasteiger partial charge in [-0.25, -0.2) is 4.79 Å². The lowest BCUT2D eigenvalue weighted by Gasteiger charge is -2.31. The van der Waals surface area contributed by atoms with E-state index >= 15 is 0 Å². The van der Waals surface area contributed by atoms with Crippen molar-refractivity contribution in [3.05, 3.63) is 59.7 Å². The molecular formula is C21H25N3O3. The Morgan fingerprint density at radius 1 is 1.11 bits per heavy atom. The number of carbonyl (C=O) groups excluding carboxylic acids is 2. The van der Waals surface area contributed by atoms with Crippen LogP contribution in [0.5, 0.6) is 5.75 Å². The van der Waals surface area contributed by atoms with Gasteiger partial charge in [-0.2, -0.15) is 0 Å². The number of likely N-dealkylation sites (tertiary alicyclic amines) is 1. The van der Waals surface area contributed by atoms with Gasteiger partial charge in [-0.1, -0.05) is 31.0 Å². The number of rotatable bonds is 4. The van der Waals surface area contributed by atoms with Crippen LogP contribution in [0.4, 0.5) is 10.5 Å². The Labute approximate surface area is 159 Å². The lowest BCUT2D eigenvalue weighted by atomic mass is 10.00. The predicted molar refractivity (Wildman–Crippen MR) is 105 cm³/mol. The Bertz CT molecular complexity index is 805. The minimum Gasteiger partial charge on any atom is -0.497 e. The highest BCUT2D eigenvalue weighted by atomic mass is 16.5. The Balaban J connectivity index is 1.88. The van der Waals surface area contributed by atoms with Crippen LogP contribution in [0.15, 0.2) is 48.5 Å². The summed E-state index contributed by atoms with van der Waals surface area (Å²) < 4.78 is 5.24. The van der Waals surface area contributed by atoms with E-state index in [2.05, 4.69) is 5.32 Å². The summed E-state index contributed by atoms with van der Waals surface area (Å²) in [5, 5.41) is 2.53. The van der Waals surface area contributed by atoms with Gasteiger partial charge in [0.05, 0.1) is 13.2 Å². The molecule has 0 bridgehead atoms. The zero-order valence-electron chi connectivity index (χ0n) is 15.5. The topological polar surface area (TPSA) is 84.7 Å². The highest BCUT2D eigenvalue weighted by Crippen LogP contribution is 2.32. The molecule has 1 heterocycles. The number of primary amides is 1.